The first-order valence-corrected chi connectivity index (χ1v) is 11.6. The Morgan fingerprint density at radius 1 is 1.25 bits per heavy atom. The molecule has 2 N–H and O–H groups in total. The van der Waals surface area contributed by atoms with Crippen molar-refractivity contribution < 1.29 is 12.8 Å². The van der Waals surface area contributed by atoms with Gasteiger partial charge in [-0.25, -0.2) is 17.5 Å². The summed E-state index contributed by atoms with van der Waals surface area (Å²) in [5, 5.41) is 3.62. The number of fused-ring (bicyclic) bond motifs is 3. The molecule has 0 radical (unpaired) electrons. The quantitative estimate of drug-likeness (QED) is 0.628. The fourth-order valence-electron chi connectivity index (χ4n) is 4.57. The van der Waals surface area contributed by atoms with Crippen LogP contribution in [0.2, 0.25) is 0 Å². The van der Waals surface area contributed by atoms with Crippen LogP contribution in [-0.4, -0.2) is 21.0 Å². The monoisotopic (exact) mass is 464 g/mol. The molecule has 0 unspecified atom stereocenters. The van der Waals surface area contributed by atoms with Gasteiger partial charge in [-0.3, -0.25) is 0 Å². The number of halogens is 2. The van der Waals surface area contributed by atoms with Gasteiger partial charge in [0.25, 0.3) is 0 Å². The summed E-state index contributed by atoms with van der Waals surface area (Å²) in [4.78, 5) is 0.0677. The zero-order valence-electron chi connectivity index (χ0n) is 15.3. The number of benzene rings is 2. The molecule has 0 saturated heterocycles. The van der Waals surface area contributed by atoms with E-state index >= 15 is 0 Å². The van der Waals surface area contributed by atoms with Gasteiger partial charge in [-0.05, 0) is 73.7 Å². The highest BCUT2D eigenvalue weighted by Gasteiger charge is 2.49. The second-order valence-electron chi connectivity index (χ2n) is 7.46. The fraction of sp³-hybridized carbons (Fsp3) is 0.333. The van der Waals surface area contributed by atoms with Crippen molar-refractivity contribution in [2.45, 2.75) is 42.0 Å². The van der Waals surface area contributed by atoms with Crippen molar-refractivity contribution in [3.8, 4) is 0 Å². The fourth-order valence-corrected chi connectivity index (χ4v) is 5.97. The van der Waals surface area contributed by atoms with Crippen LogP contribution < -0.4 is 10.0 Å². The van der Waals surface area contributed by atoms with E-state index in [2.05, 4.69) is 44.7 Å². The van der Waals surface area contributed by atoms with E-state index in [0.717, 1.165) is 47.1 Å². The maximum atomic E-state index is 13.1. The van der Waals surface area contributed by atoms with Crippen molar-refractivity contribution in [3.05, 3.63) is 70.5 Å². The molecule has 2 atom stereocenters. The van der Waals surface area contributed by atoms with Crippen LogP contribution in [0.25, 0.3) is 0 Å². The number of sulfonamides is 1. The number of hydrogen-bond acceptors (Lipinski definition) is 3. The number of nitrogens with one attached hydrogen (secondary N) is 2. The van der Waals surface area contributed by atoms with Crippen LogP contribution in [0.3, 0.4) is 0 Å². The van der Waals surface area contributed by atoms with Crippen molar-refractivity contribution in [2.75, 3.05) is 11.9 Å². The second kappa shape index (κ2) is 7.28. The van der Waals surface area contributed by atoms with Crippen molar-refractivity contribution in [1.82, 2.24) is 4.72 Å². The summed E-state index contributed by atoms with van der Waals surface area (Å²) in [7, 11) is -3.69. The zero-order valence-corrected chi connectivity index (χ0v) is 17.7. The molecule has 1 aliphatic carbocycles. The highest BCUT2D eigenvalue weighted by molar-refractivity contribution is 9.10. The predicted octanol–water partition coefficient (Wildman–Crippen LogP) is 4.73. The SMILES string of the molecule is C=C1CCC[C@@H]2Nc3ccc(Br)cc3[C@]12CCNS(=O)(=O)c1ccc(F)cc1. The van der Waals surface area contributed by atoms with Gasteiger partial charge >= 0.3 is 0 Å². The first-order valence-electron chi connectivity index (χ1n) is 9.33. The normalized spacial score (nSPS) is 23.8. The van der Waals surface area contributed by atoms with Gasteiger partial charge in [0, 0.05) is 28.2 Å². The third kappa shape index (κ3) is 3.29. The van der Waals surface area contributed by atoms with Gasteiger partial charge in [0.05, 0.1) is 4.90 Å². The lowest BCUT2D eigenvalue weighted by Crippen LogP contribution is -2.45. The standard InChI is InChI=1S/C21H22BrFN2O2S/c1-14-3-2-4-20-21(14,18-13-15(22)5-10-19(18)25-20)11-12-24-28(26,27)17-8-6-16(23)7-9-17/h5-10,13,20,24-25H,1-4,11-12H2/t20-,21-/m0/s1. The van der Waals surface area contributed by atoms with Crippen molar-refractivity contribution in [2.24, 2.45) is 0 Å². The van der Waals surface area contributed by atoms with Crippen LogP contribution in [0, 0.1) is 5.82 Å². The van der Waals surface area contributed by atoms with Gasteiger partial charge in [-0.15, -0.1) is 0 Å². The van der Waals surface area contributed by atoms with Crippen molar-refractivity contribution in [1.29, 1.82) is 0 Å². The number of rotatable bonds is 5. The van der Waals surface area contributed by atoms with Crippen LogP contribution in [-0.2, 0) is 15.4 Å². The lowest BCUT2D eigenvalue weighted by Gasteiger charge is -2.42. The van der Waals surface area contributed by atoms with E-state index < -0.39 is 15.8 Å². The van der Waals surface area contributed by atoms with Crippen LogP contribution >= 0.6 is 15.9 Å². The van der Waals surface area contributed by atoms with Crippen LogP contribution in [0.4, 0.5) is 10.1 Å². The average Bonchev–Trinajstić information content (AvgIpc) is 2.97. The van der Waals surface area contributed by atoms with Crippen LogP contribution in [0.1, 0.15) is 31.2 Å². The molecule has 4 nitrogen and oxygen atoms in total. The molecule has 4 rings (SSSR count). The number of anilines is 1. The van der Waals surface area contributed by atoms with E-state index in [1.165, 1.54) is 17.7 Å². The molecular formula is C21H22BrFN2O2S. The third-order valence-corrected chi connectivity index (χ3v) is 7.89. The van der Waals surface area contributed by atoms with Gasteiger partial charge < -0.3 is 5.32 Å². The molecule has 0 spiro atoms. The summed E-state index contributed by atoms with van der Waals surface area (Å²) in [5.41, 5.74) is 3.13. The first kappa shape index (κ1) is 19.6. The first-order chi connectivity index (χ1) is 13.3. The largest absolute Gasteiger partial charge is 0.381 e. The van der Waals surface area contributed by atoms with E-state index in [4.69, 9.17) is 0 Å². The van der Waals surface area contributed by atoms with Gasteiger partial charge in [0.2, 0.25) is 10.0 Å². The van der Waals surface area contributed by atoms with E-state index in [1.54, 1.807) is 0 Å². The van der Waals surface area contributed by atoms with E-state index in [9.17, 15) is 12.8 Å². The Kier molecular flexibility index (Phi) is 5.10. The predicted molar refractivity (Wildman–Crippen MR) is 112 cm³/mol. The highest BCUT2D eigenvalue weighted by atomic mass is 79.9. The van der Waals surface area contributed by atoms with E-state index in [0.29, 0.717) is 6.42 Å². The Hall–Kier alpha value is -1.70. The van der Waals surface area contributed by atoms with Crippen molar-refractivity contribution in [3.63, 3.8) is 0 Å². The molecular weight excluding hydrogens is 443 g/mol. The second-order valence-corrected chi connectivity index (χ2v) is 10.1. The van der Waals surface area contributed by atoms with Crippen molar-refractivity contribution >= 4 is 31.6 Å². The maximum absolute atomic E-state index is 13.1. The molecule has 1 fully saturated rings. The zero-order chi connectivity index (χ0) is 19.9. The Labute approximate surface area is 173 Å². The summed E-state index contributed by atoms with van der Waals surface area (Å²) in [6.45, 7) is 4.65. The van der Waals surface area contributed by atoms with Gasteiger partial charge in [0.15, 0.2) is 0 Å². The molecule has 0 bridgehead atoms. The van der Waals surface area contributed by atoms with Gasteiger partial charge in [-0.2, -0.15) is 0 Å². The van der Waals surface area contributed by atoms with Crippen LogP contribution in [0.5, 0.6) is 0 Å². The van der Waals surface area contributed by atoms with Crippen LogP contribution in [0.15, 0.2) is 64.0 Å². The summed E-state index contributed by atoms with van der Waals surface area (Å²) in [5.74, 6) is -0.460. The van der Waals surface area contributed by atoms with E-state index in [-0.39, 0.29) is 22.9 Å². The third-order valence-electron chi connectivity index (χ3n) is 5.92. The highest BCUT2D eigenvalue weighted by Crippen LogP contribution is 2.53. The molecule has 0 amide bonds. The summed E-state index contributed by atoms with van der Waals surface area (Å²) < 4.78 is 41.9. The Bertz CT molecular complexity index is 1020. The summed E-state index contributed by atoms with van der Waals surface area (Å²) >= 11 is 3.56. The lowest BCUT2D eigenvalue weighted by atomic mass is 9.63. The summed E-state index contributed by atoms with van der Waals surface area (Å²) in [6.07, 6.45) is 3.66. The Morgan fingerprint density at radius 3 is 2.75 bits per heavy atom. The summed E-state index contributed by atoms with van der Waals surface area (Å²) in [6, 6.07) is 11.3. The minimum atomic E-state index is -3.69. The lowest BCUT2D eigenvalue weighted by molar-refractivity contribution is 0.344. The van der Waals surface area contributed by atoms with Gasteiger partial charge in [-0.1, -0.05) is 28.1 Å². The maximum Gasteiger partial charge on any atom is 0.240 e. The number of hydrogen-bond donors (Lipinski definition) is 2. The molecule has 1 aliphatic heterocycles. The molecule has 7 heteroatoms. The van der Waals surface area contributed by atoms with Gasteiger partial charge in [0.1, 0.15) is 5.82 Å². The van der Waals surface area contributed by atoms with E-state index in [1.807, 2.05) is 6.07 Å². The minimum absolute atomic E-state index is 0.0677. The Morgan fingerprint density at radius 2 is 2.00 bits per heavy atom. The molecule has 1 saturated carbocycles. The molecule has 1 heterocycles. The molecule has 148 valence electrons. The topological polar surface area (TPSA) is 58.2 Å². The molecule has 28 heavy (non-hydrogen) atoms. The minimum Gasteiger partial charge on any atom is -0.381 e. The average molecular weight is 465 g/mol. The molecule has 2 aliphatic rings. The molecule has 2 aromatic carbocycles. The molecule has 0 aromatic heterocycles. The Balaban J connectivity index is 1.59. The molecule has 2 aromatic rings. The smallest absolute Gasteiger partial charge is 0.240 e.